The molecule has 0 saturated carbocycles. The number of rotatable bonds is 3. The van der Waals surface area contributed by atoms with Crippen LogP contribution in [0.15, 0.2) is 42.5 Å². The molecule has 0 unspecified atom stereocenters. The molecule has 0 bridgehead atoms. The van der Waals surface area contributed by atoms with E-state index in [1.54, 1.807) is 12.1 Å². The van der Waals surface area contributed by atoms with E-state index in [0.29, 0.717) is 5.69 Å². The molecule has 0 aliphatic carbocycles. The van der Waals surface area contributed by atoms with E-state index < -0.39 is 10.8 Å². The van der Waals surface area contributed by atoms with E-state index in [4.69, 9.17) is 0 Å². The molecule has 0 atom stereocenters. The molecule has 2 N–H and O–H groups in total. The maximum atomic E-state index is 12.1. The number of aryl methyl sites for hydroxylation is 1. The molecule has 6 heteroatoms. The first-order valence-corrected chi connectivity index (χ1v) is 5.83. The first-order valence-electron chi connectivity index (χ1n) is 5.83. The van der Waals surface area contributed by atoms with Crippen molar-refractivity contribution < 1.29 is 14.8 Å². The van der Waals surface area contributed by atoms with Crippen LogP contribution in [0.1, 0.15) is 15.9 Å². The van der Waals surface area contributed by atoms with Gasteiger partial charge in [-0.3, -0.25) is 14.9 Å². The standard InChI is InChI=1S/C14H12N2O4/c1-9-4-2-3-5-12(9)15-14(18)11-8-10(17)6-7-13(11)16(19)20/h2-8,17H,1H3,(H,15,18). The number of phenolic OH excluding ortho intramolecular Hbond substituents is 1. The monoisotopic (exact) mass is 272 g/mol. The van der Waals surface area contributed by atoms with Crippen LogP contribution in [0.5, 0.6) is 5.75 Å². The van der Waals surface area contributed by atoms with E-state index in [9.17, 15) is 20.0 Å². The van der Waals surface area contributed by atoms with Gasteiger partial charge in [0.05, 0.1) is 4.92 Å². The Morgan fingerprint density at radius 1 is 1.25 bits per heavy atom. The van der Waals surface area contributed by atoms with Gasteiger partial charge in [0, 0.05) is 11.8 Å². The molecule has 1 amide bonds. The number of para-hydroxylation sites is 1. The quantitative estimate of drug-likeness (QED) is 0.663. The normalized spacial score (nSPS) is 10.1. The number of nitro benzene ring substituents is 1. The van der Waals surface area contributed by atoms with Crippen molar-refractivity contribution >= 4 is 17.3 Å². The van der Waals surface area contributed by atoms with Crippen LogP contribution in [-0.4, -0.2) is 15.9 Å². The number of carbonyl (C=O) groups is 1. The van der Waals surface area contributed by atoms with Gasteiger partial charge in [0.15, 0.2) is 0 Å². The van der Waals surface area contributed by atoms with Crippen LogP contribution in [0, 0.1) is 17.0 Å². The highest BCUT2D eigenvalue weighted by Gasteiger charge is 2.21. The second kappa shape index (κ2) is 5.40. The largest absolute Gasteiger partial charge is 0.508 e. The Labute approximate surface area is 114 Å². The molecule has 6 nitrogen and oxygen atoms in total. The molecule has 0 radical (unpaired) electrons. The summed E-state index contributed by atoms with van der Waals surface area (Å²) in [5, 5.41) is 22.9. The Morgan fingerprint density at radius 2 is 1.95 bits per heavy atom. The molecule has 0 saturated heterocycles. The van der Waals surface area contributed by atoms with Crippen molar-refractivity contribution in [1.29, 1.82) is 0 Å². The van der Waals surface area contributed by atoms with E-state index in [0.717, 1.165) is 17.7 Å². The minimum atomic E-state index is -0.661. The van der Waals surface area contributed by atoms with Gasteiger partial charge in [0.25, 0.3) is 11.6 Å². The first kappa shape index (κ1) is 13.5. The average molecular weight is 272 g/mol. The molecule has 0 aromatic heterocycles. The smallest absolute Gasteiger partial charge is 0.282 e. The summed E-state index contributed by atoms with van der Waals surface area (Å²) >= 11 is 0. The molecule has 2 aromatic carbocycles. The van der Waals surface area contributed by atoms with Gasteiger partial charge in [0.1, 0.15) is 11.3 Å². The lowest BCUT2D eigenvalue weighted by Crippen LogP contribution is -2.14. The summed E-state index contributed by atoms with van der Waals surface area (Å²) in [6, 6.07) is 10.4. The number of carbonyl (C=O) groups excluding carboxylic acids is 1. The second-order valence-electron chi connectivity index (χ2n) is 4.23. The Kier molecular flexibility index (Phi) is 3.65. The molecule has 2 aromatic rings. The summed E-state index contributed by atoms with van der Waals surface area (Å²) < 4.78 is 0. The number of nitro groups is 1. The predicted molar refractivity (Wildman–Crippen MR) is 73.9 cm³/mol. The number of amides is 1. The maximum Gasteiger partial charge on any atom is 0.282 e. The molecular formula is C14H12N2O4. The molecule has 20 heavy (non-hydrogen) atoms. The number of aromatic hydroxyl groups is 1. The van der Waals surface area contributed by atoms with Gasteiger partial charge in [-0.1, -0.05) is 18.2 Å². The zero-order chi connectivity index (χ0) is 14.7. The fraction of sp³-hybridized carbons (Fsp3) is 0.0714. The minimum Gasteiger partial charge on any atom is -0.508 e. The number of phenols is 1. The summed E-state index contributed by atoms with van der Waals surface area (Å²) in [6.45, 7) is 1.81. The van der Waals surface area contributed by atoms with Crippen molar-refractivity contribution in [3.63, 3.8) is 0 Å². The molecule has 0 aliphatic heterocycles. The lowest BCUT2D eigenvalue weighted by molar-refractivity contribution is -0.385. The summed E-state index contributed by atoms with van der Waals surface area (Å²) in [5.74, 6) is -0.840. The van der Waals surface area contributed by atoms with Gasteiger partial charge < -0.3 is 10.4 Å². The SMILES string of the molecule is Cc1ccccc1NC(=O)c1cc(O)ccc1[N+](=O)[O-]. The van der Waals surface area contributed by atoms with Crippen LogP contribution >= 0.6 is 0 Å². The Morgan fingerprint density at radius 3 is 2.60 bits per heavy atom. The third kappa shape index (κ3) is 2.74. The van der Waals surface area contributed by atoms with Gasteiger partial charge in [-0.05, 0) is 30.7 Å². The van der Waals surface area contributed by atoms with E-state index in [1.807, 2.05) is 19.1 Å². The van der Waals surface area contributed by atoms with Crippen molar-refractivity contribution in [3.05, 3.63) is 63.7 Å². The topological polar surface area (TPSA) is 92.5 Å². The Bertz CT molecular complexity index is 683. The van der Waals surface area contributed by atoms with Crippen LogP contribution in [-0.2, 0) is 0 Å². The first-order chi connectivity index (χ1) is 9.49. The van der Waals surface area contributed by atoms with Crippen LogP contribution in [0.3, 0.4) is 0 Å². The highest BCUT2D eigenvalue weighted by atomic mass is 16.6. The summed E-state index contributed by atoms with van der Waals surface area (Å²) in [6.07, 6.45) is 0. The molecule has 2 rings (SSSR count). The van der Waals surface area contributed by atoms with Gasteiger partial charge >= 0.3 is 0 Å². The summed E-state index contributed by atoms with van der Waals surface area (Å²) in [7, 11) is 0. The van der Waals surface area contributed by atoms with Crippen molar-refractivity contribution in [2.75, 3.05) is 5.32 Å². The van der Waals surface area contributed by atoms with E-state index >= 15 is 0 Å². The van der Waals surface area contributed by atoms with Gasteiger partial charge in [-0.25, -0.2) is 0 Å². The fourth-order valence-electron chi connectivity index (χ4n) is 1.77. The van der Waals surface area contributed by atoms with Gasteiger partial charge in [0.2, 0.25) is 0 Å². The number of hydrogen-bond donors (Lipinski definition) is 2. The Balaban J connectivity index is 2.37. The lowest BCUT2D eigenvalue weighted by Gasteiger charge is -2.08. The summed E-state index contributed by atoms with van der Waals surface area (Å²) in [4.78, 5) is 22.4. The van der Waals surface area contributed by atoms with E-state index in [2.05, 4.69) is 5.32 Å². The molecule has 0 fully saturated rings. The molecule has 0 heterocycles. The minimum absolute atomic E-state index is 0.182. The molecule has 102 valence electrons. The van der Waals surface area contributed by atoms with E-state index in [-0.39, 0.29) is 17.0 Å². The van der Waals surface area contributed by atoms with Crippen molar-refractivity contribution in [1.82, 2.24) is 0 Å². The van der Waals surface area contributed by atoms with Crippen molar-refractivity contribution in [2.24, 2.45) is 0 Å². The second-order valence-corrected chi connectivity index (χ2v) is 4.23. The highest BCUT2D eigenvalue weighted by molar-refractivity contribution is 6.07. The fourth-order valence-corrected chi connectivity index (χ4v) is 1.77. The third-order valence-corrected chi connectivity index (χ3v) is 2.81. The highest BCUT2D eigenvalue weighted by Crippen LogP contribution is 2.24. The number of hydrogen-bond acceptors (Lipinski definition) is 4. The van der Waals surface area contributed by atoms with Crippen molar-refractivity contribution in [2.45, 2.75) is 6.92 Å². The Hall–Kier alpha value is -2.89. The number of nitrogens with zero attached hydrogens (tertiary/aromatic N) is 1. The molecular weight excluding hydrogens is 260 g/mol. The van der Waals surface area contributed by atoms with Gasteiger partial charge in [-0.2, -0.15) is 0 Å². The number of nitrogens with one attached hydrogen (secondary N) is 1. The predicted octanol–water partition coefficient (Wildman–Crippen LogP) is 2.86. The lowest BCUT2D eigenvalue weighted by atomic mass is 10.1. The zero-order valence-electron chi connectivity index (χ0n) is 10.7. The maximum absolute atomic E-state index is 12.1. The van der Waals surface area contributed by atoms with Crippen LogP contribution < -0.4 is 5.32 Å². The van der Waals surface area contributed by atoms with Crippen LogP contribution in [0.4, 0.5) is 11.4 Å². The summed E-state index contributed by atoms with van der Waals surface area (Å²) in [5.41, 5.74) is 0.867. The average Bonchev–Trinajstić information content (AvgIpc) is 2.40. The molecule has 0 aliphatic rings. The molecule has 0 spiro atoms. The van der Waals surface area contributed by atoms with E-state index in [1.165, 1.54) is 6.07 Å². The van der Waals surface area contributed by atoms with Crippen molar-refractivity contribution in [3.8, 4) is 5.75 Å². The number of anilines is 1. The van der Waals surface area contributed by atoms with Crippen LogP contribution in [0.2, 0.25) is 0 Å². The third-order valence-electron chi connectivity index (χ3n) is 2.81. The zero-order valence-corrected chi connectivity index (χ0v) is 10.7. The van der Waals surface area contributed by atoms with Gasteiger partial charge in [-0.15, -0.1) is 0 Å². The van der Waals surface area contributed by atoms with Crippen LogP contribution in [0.25, 0.3) is 0 Å². The number of benzene rings is 2.